The highest BCUT2D eigenvalue weighted by Crippen LogP contribution is 2.04. The van der Waals surface area contributed by atoms with E-state index >= 15 is 0 Å². The largest absolute Gasteiger partial charge is 0.392 e. The van der Waals surface area contributed by atoms with Crippen LogP contribution in [0.1, 0.15) is 11.1 Å². The van der Waals surface area contributed by atoms with Crippen molar-refractivity contribution in [1.82, 2.24) is 0 Å². The molecular weight excluding hydrogens is 172 g/mol. The molecule has 0 fully saturated rings. The molecular formula is C10H9ClO. The Balaban J connectivity index is 2.69. The Morgan fingerprint density at radius 1 is 1.17 bits per heavy atom. The zero-order chi connectivity index (χ0) is 8.81. The Kier molecular flexibility index (Phi) is 3.66. The van der Waals surface area contributed by atoms with Crippen molar-refractivity contribution in [2.45, 2.75) is 13.0 Å². The number of hydrogen-bond donors (Lipinski definition) is 1. The molecule has 0 amide bonds. The Bertz CT molecular complexity index is 292. The molecule has 1 rings (SSSR count). The van der Waals surface area contributed by atoms with Crippen molar-refractivity contribution < 1.29 is 5.11 Å². The lowest BCUT2D eigenvalue weighted by atomic mass is 10.1. The summed E-state index contributed by atoms with van der Waals surface area (Å²) in [4.78, 5) is 0. The zero-order valence-electron chi connectivity index (χ0n) is 6.55. The van der Waals surface area contributed by atoms with E-state index in [1.54, 1.807) is 0 Å². The lowest BCUT2D eigenvalue weighted by molar-refractivity contribution is 0.282. The molecule has 2 heteroatoms. The molecule has 0 radical (unpaired) electrons. The Morgan fingerprint density at radius 3 is 2.25 bits per heavy atom. The molecule has 62 valence electrons. The van der Waals surface area contributed by atoms with Crippen LogP contribution in [0.5, 0.6) is 0 Å². The zero-order valence-corrected chi connectivity index (χ0v) is 7.30. The number of aliphatic hydroxyl groups excluding tert-OH is 1. The van der Waals surface area contributed by atoms with Crippen molar-refractivity contribution in [2.75, 3.05) is 0 Å². The number of hydrogen-bond acceptors (Lipinski definition) is 1. The molecule has 0 unspecified atom stereocenters. The summed E-state index contributed by atoms with van der Waals surface area (Å²) >= 11 is 5.21. The molecule has 0 aromatic heterocycles. The van der Waals surface area contributed by atoms with Gasteiger partial charge in [0.2, 0.25) is 0 Å². The fourth-order valence-corrected chi connectivity index (χ4v) is 0.965. The number of halogens is 1. The molecule has 0 atom stereocenters. The van der Waals surface area contributed by atoms with Crippen LogP contribution in [-0.2, 0) is 13.0 Å². The van der Waals surface area contributed by atoms with Crippen molar-refractivity contribution in [3.63, 3.8) is 0 Å². The summed E-state index contributed by atoms with van der Waals surface area (Å²) in [5, 5.41) is 11.1. The first-order valence-corrected chi connectivity index (χ1v) is 4.02. The van der Waals surface area contributed by atoms with Gasteiger partial charge in [0.15, 0.2) is 0 Å². The van der Waals surface area contributed by atoms with Crippen LogP contribution in [0.25, 0.3) is 0 Å². The summed E-state index contributed by atoms with van der Waals surface area (Å²) in [5.41, 5.74) is 2.03. The first-order valence-electron chi connectivity index (χ1n) is 3.64. The highest BCUT2D eigenvalue weighted by Gasteiger charge is 1.90. The van der Waals surface area contributed by atoms with E-state index in [2.05, 4.69) is 11.3 Å². The summed E-state index contributed by atoms with van der Waals surface area (Å²) < 4.78 is 0. The van der Waals surface area contributed by atoms with Crippen LogP contribution in [0.15, 0.2) is 24.3 Å². The van der Waals surface area contributed by atoms with Crippen LogP contribution >= 0.6 is 11.6 Å². The van der Waals surface area contributed by atoms with Gasteiger partial charge in [0.25, 0.3) is 0 Å². The molecule has 0 aliphatic rings. The minimum atomic E-state index is 0.0848. The maximum atomic E-state index is 8.76. The first-order chi connectivity index (χ1) is 5.86. The summed E-state index contributed by atoms with van der Waals surface area (Å²) in [7, 11) is 0. The molecule has 1 N–H and O–H groups in total. The van der Waals surface area contributed by atoms with E-state index < -0.39 is 0 Å². The Labute approximate surface area is 77.0 Å². The van der Waals surface area contributed by atoms with Crippen molar-refractivity contribution in [3.05, 3.63) is 35.4 Å². The van der Waals surface area contributed by atoms with Crippen LogP contribution in [0, 0.1) is 11.3 Å². The van der Waals surface area contributed by atoms with E-state index in [1.807, 2.05) is 24.3 Å². The van der Waals surface area contributed by atoms with E-state index in [0.717, 1.165) is 11.1 Å². The van der Waals surface area contributed by atoms with Crippen molar-refractivity contribution >= 4 is 11.6 Å². The smallest absolute Gasteiger partial charge is 0.0681 e. The topological polar surface area (TPSA) is 20.2 Å². The fourth-order valence-electron chi connectivity index (χ4n) is 0.898. The molecule has 0 spiro atoms. The van der Waals surface area contributed by atoms with Crippen LogP contribution in [0.2, 0.25) is 0 Å². The van der Waals surface area contributed by atoms with Gasteiger partial charge in [-0.2, -0.15) is 0 Å². The van der Waals surface area contributed by atoms with Gasteiger partial charge in [-0.3, -0.25) is 0 Å². The average Bonchev–Trinajstić information content (AvgIpc) is 2.15. The summed E-state index contributed by atoms with van der Waals surface area (Å²) in [6, 6.07) is 7.63. The first kappa shape index (κ1) is 9.12. The van der Waals surface area contributed by atoms with Crippen molar-refractivity contribution in [2.24, 2.45) is 0 Å². The van der Waals surface area contributed by atoms with Gasteiger partial charge in [-0.15, -0.1) is 0 Å². The van der Waals surface area contributed by atoms with E-state index in [4.69, 9.17) is 16.7 Å². The third-order valence-electron chi connectivity index (χ3n) is 1.56. The van der Waals surface area contributed by atoms with Gasteiger partial charge in [0.1, 0.15) is 0 Å². The summed E-state index contributed by atoms with van der Waals surface area (Å²) in [5.74, 6) is 2.75. The normalized spacial score (nSPS) is 8.83. The lowest BCUT2D eigenvalue weighted by Crippen LogP contribution is -1.84. The maximum absolute atomic E-state index is 8.76. The van der Waals surface area contributed by atoms with Crippen LogP contribution < -0.4 is 0 Å². The number of rotatable bonds is 2. The molecule has 0 saturated heterocycles. The monoisotopic (exact) mass is 180 g/mol. The average molecular weight is 181 g/mol. The predicted molar refractivity (Wildman–Crippen MR) is 49.7 cm³/mol. The minimum Gasteiger partial charge on any atom is -0.392 e. The van der Waals surface area contributed by atoms with Gasteiger partial charge in [-0.1, -0.05) is 30.2 Å². The lowest BCUT2D eigenvalue weighted by Gasteiger charge is -1.96. The van der Waals surface area contributed by atoms with E-state index in [1.165, 1.54) is 0 Å². The second kappa shape index (κ2) is 4.82. The molecule has 0 heterocycles. The van der Waals surface area contributed by atoms with Gasteiger partial charge in [-0.05, 0) is 22.7 Å². The maximum Gasteiger partial charge on any atom is 0.0681 e. The van der Waals surface area contributed by atoms with Gasteiger partial charge in [0.05, 0.1) is 6.61 Å². The standard InChI is InChI=1S/C10H9ClO/c11-7-1-2-9-3-5-10(8-12)6-4-9/h3-6,12H,2,8H2. The van der Waals surface area contributed by atoms with Crippen molar-refractivity contribution in [3.8, 4) is 11.3 Å². The van der Waals surface area contributed by atoms with Gasteiger partial charge >= 0.3 is 0 Å². The third-order valence-corrected chi connectivity index (χ3v) is 1.70. The summed E-state index contributed by atoms with van der Waals surface area (Å²) in [6.07, 6.45) is 0.662. The Morgan fingerprint density at radius 2 is 1.75 bits per heavy atom. The summed E-state index contributed by atoms with van der Waals surface area (Å²) in [6.45, 7) is 0.0848. The molecule has 1 aromatic carbocycles. The quantitative estimate of drug-likeness (QED) is 0.690. The molecule has 0 aliphatic carbocycles. The molecule has 0 bridgehead atoms. The predicted octanol–water partition coefficient (Wildman–Crippen LogP) is 1.92. The number of benzene rings is 1. The highest BCUT2D eigenvalue weighted by molar-refractivity contribution is 6.30. The Hall–Kier alpha value is -0.970. The van der Waals surface area contributed by atoms with Gasteiger partial charge < -0.3 is 5.11 Å². The van der Waals surface area contributed by atoms with Crippen LogP contribution in [-0.4, -0.2) is 5.11 Å². The molecule has 12 heavy (non-hydrogen) atoms. The minimum absolute atomic E-state index is 0.0848. The van der Waals surface area contributed by atoms with Crippen molar-refractivity contribution in [1.29, 1.82) is 0 Å². The van der Waals surface area contributed by atoms with Gasteiger partial charge in [0, 0.05) is 11.8 Å². The van der Waals surface area contributed by atoms with E-state index in [0.29, 0.717) is 6.42 Å². The molecule has 1 aromatic rings. The SMILES string of the molecule is OCc1ccc(CC#CCl)cc1. The second-order valence-corrected chi connectivity index (χ2v) is 2.61. The molecule has 1 nitrogen and oxygen atoms in total. The molecule has 0 aliphatic heterocycles. The third kappa shape index (κ3) is 2.58. The van der Waals surface area contributed by atoms with Crippen LogP contribution in [0.3, 0.4) is 0 Å². The van der Waals surface area contributed by atoms with E-state index in [-0.39, 0.29) is 6.61 Å². The molecule has 0 saturated carbocycles. The fraction of sp³-hybridized carbons (Fsp3) is 0.200. The van der Waals surface area contributed by atoms with Crippen LogP contribution in [0.4, 0.5) is 0 Å². The second-order valence-electron chi connectivity index (χ2n) is 2.42. The van der Waals surface area contributed by atoms with Gasteiger partial charge in [-0.25, -0.2) is 0 Å². The number of aliphatic hydroxyl groups is 1. The van der Waals surface area contributed by atoms with E-state index in [9.17, 15) is 0 Å². The highest BCUT2D eigenvalue weighted by atomic mass is 35.5.